The molecule has 1 rings (SSSR count). The standard InChI is InChI=1S/C10H14BrClN2/c11-9-3-2-8(6-10(9)12)7-14-5-1-4-13/h2-3,6,14H,1,4-5,7,13H2. The molecule has 0 atom stereocenters. The average molecular weight is 278 g/mol. The van der Waals surface area contributed by atoms with Crippen LogP contribution >= 0.6 is 27.5 Å². The molecule has 0 bridgehead atoms. The summed E-state index contributed by atoms with van der Waals surface area (Å²) in [4.78, 5) is 0. The molecule has 0 saturated heterocycles. The summed E-state index contributed by atoms with van der Waals surface area (Å²) in [6.07, 6.45) is 1.00. The number of halogens is 2. The largest absolute Gasteiger partial charge is 0.330 e. The molecule has 0 unspecified atom stereocenters. The van der Waals surface area contributed by atoms with E-state index in [2.05, 4.69) is 21.2 Å². The summed E-state index contributed by atoms with van der Waals surface area (Å²) in [5, 5.41) is 4.05. The van der Waals surface area contributed by atoms with Crippen molar-refractivity contribution in [3.8, 4) is 0 Å². The molecule has 1 aromatic rings. The van der Waals surface area contributed by atoms with Crippen LogP contribution in [0.3, 0.4) is 0 Å². The first kappa shape index (κ1) is 12.0. The minimum atomic E-state index is 0.730. The highest BCUT2D eigenvalue weighted by Gasteiger charge is 1.98. The van der Waals surface area contributed by atoms with Crippen molar-refractivity contribution in [3.63, 3.8) is 0 Å². The van der Waals surface area contributed by atoms with Gasteiger partial charge in [-0.3, -0.25) is 0 Å². The van der Waals surface area contributed by atoms with Crippen LogP contribution in [0.4, 0.5) is 0 Å². The van der Waals surface area contributed by atoms with E-state index in [1.165, 1.54) is 5.56 Å². The van der Waals surface area contributed by atoms with E-state index in [4.69, 9.17) is 17.3 Å². The molecule has 0 radical (unpaired) electrons. The van der Waals surface area contributed by atoms with Gasteiger partial charge < -0.3 is 11.1 Å². The molecule has 0 amide bonds. The fourth-order valence-electron chi connectivity index (χ4n) is 1.11. The van der Waals surface area contributed by atoms with Crippen LogP contribution in [0.1, 0.15) is 12.0 Å². The van der Waals surface area contributed by atoms with Crippen molar-refractivity contribution < 1.29 is 0 Å². The lowest BCUT2D eigenvalue weighted by Gasteiger charge is -2.05. The third-order valence-electron chi connectivity index (χ3n) is 1.87. The van der Waals surface area contributed by atoms with Gasteiger partial charge in [-0.1, -0.05) is 17.7 Å². The molecule has 0 aliphatic heterocycles. The van der Waals surface area contributed by atoms with E-state index in [-0.39, 0.29) is 0 Å². The highest BCUT2D eigenvalue weighted by atomic mass is 79.9. The van der Waals surface area contributed by atoms with Crippen molar-refractivity contribution in [1.82, 2.24) is 5.32 Å². The summed E-state index contributed by atoms with van der Waals surface area (Å²) in [7, 11) is 0. The minimum absolute atomic E-state index is 0.730. The van der Waals surface area contributed by atoms with Crippen molar-refractivity contribution in [2.45, 2.75) is 13.0 Å². The lowest BCUT2D eigenvalue weighted by atomic mass is 10.2. The SMILES string of the molecule is NCCCNCc1ccc(Br)c(Cl)c1. The smallest absolute Gasteiger partial charge is 0.0551 e. The van der Waals surface area contributed by atoms with Crippen LogP contribution in [0.2, 0.25) is 5.02 Å². The Bertz CT molecular complexity index is 291. The lowest BCUT2D eigenvalue weighted by molar-refractivity contribution is 0.655. The molecule has 0 saturated carbocycles. The third kappa shape index (κ3) is 3.96. The maximum absolute atomic E-state index is 5.96. The molecular weight excluding hydrogens is 263 g/mol. The van der Waals surface area contributed by atoms with Gasteiger partial charge in [-0.05, 0) is 53.1 Å². The van der Waals surface area contributed by atoms with Gasteiger partial charge in [-0.2, -0.15) is 0 Å². The van der Waals surface area contributed by atoms with Crippen molar-refractivity contribution in [3.05, 3.63) is 33.3 Å². The van der Waals surface area contributed by atoms with Crippen LogP contribution < -0.4 is 11.1 Å². The molecule has 1 aromatic carbocycles. The number of hydrogen-bond acceptors (Lipinski definition) is 2. The topological polar surface area (TPSA) is 38.0 Å². The van der Waals surface area contributed by atoms with Gasteiger partial charge in [0.1, 0.15) is 0 Å². The third-order valence-corrected chi connectivity index (χ3v) is 3.10. The molecule has 0 aromatic heterocycles. The van der Waals surface area contributed by atoms with Gasteiger partial charge >= 0.3 is 0 Å². The summed E-state index contributed by atoms with van der Waals surface area (Å²) in [5.74, 6) is 0. The molecule has 0 fully saturated rings. The molecule has 0 aliphatic rings. The summed E-state index contributed by atoms with van der Waals surface area (Å²) in [6.45, 7) is 2.52. The predicted octanol–water partition coefficient (Wildman–Crippen LogP) is 2.54. The lowest BCUT2D eigenvalue weighted by Crippen LogP contribution is -2.17. The Morgan fingerprint density at radius 3 is 2.86 bits per heavy atom. The van der Waals surface area contributed by atoms with Crippen LogP contribution in [0.15, 0.2) is 22.7 Å². The zero-order chi connectivity index (χ0) is 10.4. The zero-order valence-corrected chi connectivity index (χ0v) is 10.2. The van der Waals surface area contributed by atoms with Gasteiger partial charge in [-0.25, -0.2) is 0 Å². The predicted molar refractivity (Wildman–Crippen MR) is 64.5 cm³/mol. The first-order valence-electron chi connectivity index (χ1n) is 4.58. The van der Waals surface area contributed by atoms with Gasteiger partial charge in [0.25, 0.3) is 0 Å². The zero-order valence-electron chi connectivity index (χ0n) is 7.89. The van der Waals surface area contributed by atoms with Crippen molar-refractivity contribution >= 4 is 27.5 Å². The highest BCUT2D eigenvalue weighted by molar-refractivity contribution is 9.10. The summed E-state index contributed by atoms with van der Waals surface area (Å²) in [5.41, 5.74) is 6.57. The van der Waals surface area contributed by atoms with Gasteiger partial charge in [0.05, 0.1) is 5.02 Å². The average Bonchev–Trinajstić information content (AvgIpc) is 2.18. The molecule has 4 heteroatoms. The van der Waals surface area contributed by atoms with E-state index in [0.29, 0.717) is 0 Å². The quantitative estimate of drug-likeness (QED) is 0.812. The Hall–Kier alpha value is -0.0900. The Labute approximate surface area is 98.0 Å². The Balaban J connectivity index is 2.39. The van der Waals surface area contributed by atoms with E-state index < -0.39 is 0 Å². The second-order valence-electron chi connectivity index (χ2n) is 3.07. The molecule has 0 heterocycles. The van der Waals surface area contributed by atoms with E-state index >= 15 is 0 Å². The molecule has 3 N–H and O–H groups in total. The maximum atomic E-state index is 5.96. The van der Waals surface area contributed by atoms with Crippen molar-refractivity contribution in [1.29, 1.82) is 0 Å². The van der Waals surface area contributed by atoms with E-state index in [1.54, 1.807) is 0 Å². The van der Waals surface area contributed by atoms with Gasteiger partial charge in [0.2, 0.25) is 0 Å². The Kier molecular flexibility index (Phi) is 5.48. The van der Waals surface area contributed by atoms with Gasteiger partial charge in [-0.15, -0.1) is 0 Å². The van der Waals surface area contributed by atoms with E-state index in [1.807, 2.05) is 18.2 Å². The number of nitrogens with two attached hydrogens (primary N) is 1. The van der Waals surface area contributed by atoms with Crippen LogP contribution in [0, 0.1) is 0 Å². The monoisotopic (exact) mass is 276 g/mol. The Morgan fingerprint density at radius 1 is 1.43 bits per heavy atom. The fraction of sp³-hybridized carbons (Fsp3) is 0.400. The molecule has 78 valence electrons. The summed E-state index contributed by atoms with van der Waals surface area (Å²) in [6, 6.07) is 5.97. The summed E-state index contributed by atoms with van der Waals surface area (Å²) >= 11 is 9.31. The van der Waals surface area contributed by atoms with E-state index in [9.17, 15) is 0 Å². The number of rotatable bonds is 5. The van der Waals surface area contributed by atoms with Crippen molar-refractivity contribution in [2.75, 3.05) is 13.1 Å². The maximum Gasteiger partial charge on any atom is 0.0551 e. The van der Waals surface area contributed by atoms with Crippen LogP contribution in [-0.2, 0) is 6.54 Å². The molecule has 0 spiro atoms. The second-order valence-corrected chi connectivity index (χ2v) is 4.33. The van der Waals surface area contributed by atoms with E-state index in [0.717, 1.165) is 35.6 Å². The molecular formula is C10H14BrClN2. The number of nitrogens with one attached hydrogen (secondary N) is 1. The van der Waals surface area contributed by atoms with Gasteiger partial charge in [0.15, 0.2) is 0 Å². The number of benzene rings is 1. The van der Waals surface area contributed by atoms with Crippen molar-refractivity contribution in [2.24, 2.45) is 5.73 Å². The first-order chi connectivity index (χ1) is 6.74. The molecule has 14 heavy (non-hydrogen) atoms. The van der Waals surface area contributed by atoms with Crippen LogP contribution in [-0.4, -0.2) is 13.1 Å². The van der Waals surface area contributed by atoms with Gasteiger partial charge in [0, 0.05) is 11.0 Å². The second kappa shape index (κ2) is 6.40. The Morgan fingerprint density at radius 2 is 2.21 bits per heavy atom. The normalized spacial score (nSPS) is 10.5. The molecule has 2 nitrogen and oxygen atoms in total. The van der Waals surface area contributed by atoms with Crippen LogP contribution in [0.25, 0.3) is 0 Å². The highest BCUT2D eigenvalue weighted by Crippen LogP contribution is 2.22. The minimum Gasteiger partial charge on any atom is -0.330 e. The molecule has 0 aliphatic carbocycles. The number of hydrogen-bond donors (Lipinski definition) is 2. The summed E-state index contributed by atoms with van der Waals surface area (Å²) < 4.78 is 0.935. The first-order valence-corrected chi connectivity index (χ1v) is 5.76. The fourth-order valence-corrected chi connectivity index (χ4v) is 1.56. The van der Waals surface area contributed by atoms with Crippen LogP contribution in [0.5, 0.6) is 0 Å².